The molecule has 0 spiro atoms. The molecule has 2 atom stereocenters. The van der Waals surface area contributed by atoms with E-state index in [1.165, 1.54) is 12.8 Å². The number of amides is 1. The third kappa shape index (κ3) is 2.85. The first-order valence-electron chi connectivity index (χ1n) is 7.54. The van der Waals surface area contributed by atoms with Crippen molar-refractivity contribution in [2.45, 2.75) is 39.3 Å². The van der Waals surface area contributed by atoms with E-state index in [1.54, 1.807) is 6.92 Å². The van der Waals surface area contributed by atoms with E-state index in [4.69, 9.17) is 0 Å². The van der Waals surface area contributed by atoms with Gasteiger partial charge in [-0.1, -0.05) is 6.07 Å². The van der Waals surface area contributed by atoms with Crippen LogP contribution in [0.4, 0.5) is 0 Å². The highest BCUT2D eigenvalue weighted by atomic mass is 16.2. The fourth-order valence-electron chi connectivity index (χ4n) is 3.53. The summed E-state index contributed by atoms with van der Waals surface area (Å²) < 4.78 is 0. The summed E-state index contributed by atoms with van der Waals surface area (Å²) in [5.41, 5.74) is 2.22. The van der Waals surface area contributed by atoms with E-state index in [1.807, 2.05) is 17.9 Å². The maximum absolute atomic E-state index is 11.7. The first-order chi connectivity index (χ1) is 9.61. The monoisotopic (exact) mass is 273 g/mol. The predicted molar refractivity (Wildman–Crippen MR) is 78.2 cm³/mol. The second-order valence-electron chi connectivity index (χ2n) is 6.22. The molecule has 1 amide bonds. The van der Waals surface area contributed by atoms with Crippen LogP contribution in [0.5, 0.6) is 0 Å². The number of carbonyl (C=O) groups excluding carboxylic acids is 1. The Bertz CT molecular complexity index is 502. The van der Waals surface area contributed by atoms with Gasteiger partial charge in [-0.05, 0) is 37.8 Å². The summed E-state index contributed by atoms with van der Waals surface area (Å²) in [6.07, 6.45) is 2.46. The van der Waals surface area contributed by atoms with Crippen LogP contribution in [0.1, 0.15) is 31.2 Å². The molecule has 0 aliphatic carbocycles. The van der Waals surface area contributed by atoms with E-state index in [9.17, 15) is 4.79 Å². The van der Waals surface area contributed by atoms with Crippen molar-refractivity contribution in [2.24, 2.45) is 5.92 Å². The van der Waals surface area contributed by atoms with Gasteiger partial charge in [0.15, 0.2) is 0 Å². The van der Waals surface area contributed by atoms with Crippen LogP contribution >= 0.6 is 0 Å². The van der Waals surface area contributed by atoms with Crippen molar-refractivity contribution >= 4 is 5.91 Å². The van der Waals surface area contributed by atoms with Crippen molar-refractivity contribution < 1.29 is 4.79 Å². The van der Waals surface area contributed by atoms with E-state index in [0.717, 1.165) is 37.6 Å². The molecule has 0 unspecified atom stereocenters. The number of hydrogen-bond donors (Lipinski definition) is 0. The third-order valence-corrected chi connectivity index (χ3v) is 4.58. The fourth-order valence-corrected chi connectivity index (χ4v) is 3.53. The molecule has 0 radical (unpaired) electrons. The molecule has 3 aliphatic rings. The van der Waals surface area contributed by atoms with Gasteiger partial charge < -0.3 is 4.90 Å². The quantitative estimate of drug-likeness (QED) is 0.825. The highest BCUT2D eigenvalue weighted by Gasteiger charge is 2.35. The van der Waals surface area contributed by atoms with Crippen LogP contribution in [0.25, 0.3) is 0 Å². The Kier molecular flexibility index (Phi) is 3.74. The van der Waals surface area contributed by atoms with Gasteiger partial charge in [0.05, 0.1) is 5.69 Å². The molecule has 1 aromatic heterocycles. The van der Waals surface area contributed by atoms with Gasteiger partial charge in [0.1, 0.15) is 0 Å². The lowest BCUT2D eigenvalue weighted by Gasteiger charge is -2.35. The molecule has 3 aliphatic heterocycles. The van der Waals surface area contributed by atoms with E-state index >= 15 is 0 Å². The molecule has 1 aromatic rings. The normalized spacial score (nSPS) is 26.6. The highest BCUT2D eigenvalue weighted by molar-refractivity contribution is 5.73. The SMILES string of the molecule is CC(=O)N1C[C@@H]2CC[C@H](C1)N(Cc1cccc(C)n1)C2. The van der Waals surface area contributed by atoms with Crippen molar-refractivity contribution in [1.29, 1.82) is 0 Å². The van der Waals surface area contributed by atoms with Gasteiger partial charge in [-0.3, -0.25) is 14.7 Å². The second-order valence-corrected chi connectivity index (χ2v) is 6.22. The summed E-state index contributed by atoms with van der Waals surface area (Å²) in [5.74, 6) is 0.847. The summed E-state index contributed by atoms with van der Waals surface area (Å²) in [4.78, 5) is 20.8. The Labute approximate surface area is 120 Å². The maximum atomic E-state index is 11.7. The van der Waals surface area contributed by atoms with Gasteiger partial charge in [0.25, 0.3) is 0 Å². The number of piperidine rings is 1. The van der Waals surface area contributed by atoms with Crippen molar-refractivity contribution in [1.82, 2.24) is 14.8 Å². The Morgan fingerprint density at radius 3 is 2.90 bits per heavy atom. The third-order valence-electron chi connectivity index (χ3n) is 4.58. The second kappa shape index (κ2) is 5.52. The smallest absolute Gasteiger partial charge is 0.219 e. The minimum absolute atomic E-state index is 0.220. The van der Waals surface area contributed by atoms with E-state index in [0.29, 0.717) is 12.0 Å². The van der Waals surface area contributed by atoms with E-state index in [-0.39, 0.29) is 5.91 Å². The predicted octanol–water partition coefficient (Wildman–Crippen LogP) is 1.83. The molecule has 0 aromatic carbocycles. The number of nitrogens with zero attached hydrogens (tertiary/aromatic N) is 3. The van der Waals surface area contributed by atoms with Crippen LogP contribution in [-0.2, 0) is 11.3 Å². The van der Waals surface area contributed by atoms with Crippen molar-refractivity contribution in [2.75, 3.05) is 19.6 Å². The van der Waals surface area contributed by atoms with Gasteiger partial charge >= 0.3 is 0 Å². The topological polar surface area (TPSA) is 36.4 Å². The minimum atomic E-state index is 0.220. The van der Waals surface area contributed by atoms with Gasteiger partial charge in [-0.15, -0.1) is 0 Å². The van der Waals surface area contributed by atoms with Crippen LogP contribution < -0.4 is 0 Å². The van der Waals surface area contributed by atoms with Gasteiger partial charge in [-0.25, -0.2) is 0 Å². The summed E-state index contributed by atoms with van der Waals surface area (Å²) >= 11 is 0. The molecular formula is C16H23N3O. The lowest BCUT2D eigenvalue weighted by molar-refractivity contribution is -0.129. The zero-order valence-electron chi connectivity index (χ0n) is 12.4. The Morgan fingerprint density at radius 2 is 2.15 bits per heavy atom. The molecule has 4 rings (SSSR count). The lowest BCUT2D eigenvalue weighted by atomic mass is 9.95. The number of aryl methyl sites for hydroxylation is 1. The average Bonchev–Trinajstić information content (AvgIpc) is 2.70. The molecule has 2 bridgehead atoms. The fraction of sp³-hybridized carbons (Fsp3) is 0.625. The number of carbonyl (C=O) groups is 1. The molecule has 20 heavy (non-hydrogen) atoms. The van der Waals surface area contributed by atoms with Crippen LogP contribution in [0, 0.1) is 12.8 Å². The van der Waals surface area contributed by atoms with Crippen LogP contribution in [-0.4, -0.2) is 46.4 Å². The lowest BCUT2D eigenvalue weighted by Crippen LogP contribution is -2.43. The van der Waals surface area contributed by atoms with Crippen LogP contribution in [0.2, 0.25) is 0 Å². The molecule has 3 saturated heterocycles. The minimum Gasteiger partial charge on any atom is -0.341 e. The zero-order chi connectivity index (χ0) is 14.1. The molecule has 0 N–H and O–H groups in total. The van der Waals surface area contributed by atoms with Crippen molar-refractivity contribution in [3.63, 3.8) is 0 Å². The molecular weight excluding hydrogens is 250 g/mol. The highest BCUT2D eigenvalue weighted by Crippen LogP contribution is 2.29. The maximum Gasteiger partial charge on any atom is 0.219 e. The van der Waals surface area contributed by atoms with Crippen molar-refractivity contribution in [3.05, 3.63) is 29.6 Å². The Balaban J connectivity index is 1.73. The average molecular weight is 273 g/mol. The molecule has 4 heteroatoms. The number of hydrogen-bond acceptors (Lipinski definition) is 3. The number of rotatable bonds is 2. The standard InChI is InChI=1S/C16H23N3O/c1-12-4-3-5-15(17-12)10-19-9-14-6-7-16(19)11-18(8-14)13(2)20/h3-5,14,16H,6-11H2,1-2H3/t14-,16+/m0/s1. The van der Waals surface area contributed by atoms with Gasteiger partial charge in [0.2, 0.25) is 5.91 Å². The summed E-state index contributed by atoms with van der Waals surface area (Å²) in [6.45, 7) is 7.56. The molecule has 108 valence electrons. The van der Waals surface area contributed by atoms with E-state index in [2.05, 4.69) is 22.0 Å². The van der Waals surface area contributed by atoms with Gasteiger partial charge in [0, 0.05) is 44.8 Å². The molecule has 4 nitrogen and oxygen atoms in total. The summed E-state index contributed by atoms with van der Waals surface area (Å²) in [7, 11) is 0. The summed E-state index contributed by atoms with van der Waals surface area (Å²) in [5, 5.41) is 0. The van der Waals surface area contributed by atoms with Crippen LogP contribution in [0.15, 0.2) is 18.2 Å². The number of fused-ring (bicyclic) bond motifs is 4. The Hall–Kier alpha value is -1.42. The molecule has 3 fully saturated rings. The number of aromatic nitrogens is 1. The molecule has 0 saturated carbocycles. The molecule has 4 heterocycles. The van der Waals surface area contributed by atoms with E-state index < -0.39 is 0 Å². The zero-order valence-corrected chi connectivity index (χ0v) is 12.4. The Morgan fingerprint density at radius 1 is 1.30 bits per heavy atom. The number of pyridine rings is 1. The van der Waals surface area contributed by atoms with Crippen molar-refractivity contribution in [3.8, 4) is 0 Å². The largest absolute Gasteiger partial charge is 0.341 e. The summed E-state index contributed by atoms with van der Waals surface area (Å²) in [6, 6.07) is 6.72. The first-order valence-corrected chi connectivity index (χ1v) is 7.54. The first kappa shape index (κ1) is 13.6. The van der Waals surface area contributed by atoms with Crippen LogP contribution in [0.3, 0.4) is 0 Å². The van der Waals surface area contributed by atoms with Gasteiger partial charge in [-0.2, -0.15) is 0 Å².